The molecule has 4 rings (SSSR count). The van der Waals surface area contributed by atoms with Crippen molar-refractivity contribution in [3.05, 3.63) is 121 Å². The number of hydrogen-bond acceptors (Lipinski definition) is 6. The Bertz CT molecular complexity index is 1280. The fraction of sp³-hybridized carbons (Fsp3) is 0.188. The molecule has 2 amide bonds. The van der Waals surface area contributed by atoms with Crippen LogP contribution in [0.25, 0.3) is 0 Å². The van der Waals surface area contributed by atoms with Gasteiger partial charge in [0.1, 0.15) is 9.49 Å². The molecule has 0 heterocycles. The van der Waals surface area contributed by atoms with Crippen LogP contribution in [0.5, 0.6) is 0 Å². The van der Waals surface area contributed by atoms with Crippen molar-refractivity contribution in [2.45, 2.75) is 37.2 Å². The Kier molecular flexibility index (Phi) is 9.45. The number of hydrogen-bond donors (Lipinski definition) is 2. The number of carbonyl (C=O) groups is 2. The maximum Gasteiger partial charge on any atom is 0.262 e. The summed E-state index contributed by atoms with van der Waals surface area (Å²) in [7, 11) is 2.77. The summed E-state index contributed by atoms with van der Waals surface area (Å²) in [6.07, 6.45) is 0. The summed E-state index contributed by atoms with van der Waals surface area (Å²) < 4.78 is -1.74. The summed E-state index contributed by atoms with van der Waals surface area (Å²) in [5, 5.41) is 3.15. The Hall–Kier alpha value is -3.88. The van der Waals surface area contributed by atoms with Crippen molar-refractivity contribution >= 4 is 56.2 Å². The second-order valence-corrected chi connectivity index (χ2v) is 13.5. The van der Waals surface area contributed by atoms with E-state index in [2.05, 4.69) is 10.9 Å². The first-order chi connectivity index (χ1) is 19.2. The van der Waals surface area contributed by atoms with Crippen molar-refractivity contribution in [1.29, 1.82) is 0 Å². The molecule has 6 nitrogen and oxygen atoms in total. The van der Waals surface area contributed by atoms with Gasteiger partial charge in [0.15, 0.2) is 0 Å². The van der Waals surface area contributed by atoms with Crippen LogP contribution >= 0.6 is 21.6 Å². The van der Waals surface area contributed by atoms with E-state index < -0.39 is 9.49 Å². The van der Waals surface area contributed by atoms with Crippen LogP contribution in [0.2, 0.25) is 0 Å². The zero-order valence-electron chi connectivity index (χ0n) is 23.1. The van der Waals surface area contributed by atoms with Crippen molar-refractivity contribution < 1.29 is 9.59 Å². The van der Waals surface area contributed by atoms with Crippen LogP contribution in [-0.2, 0) is 9.59 Å². The Morgan fingerprint density at radius 3 is 1.07 bits per heavy atom. The largest absolute Gasteiger partial charge is 0.291 e. The summed E-state index contributed by atoms with van der Waals surface area (Å²) in [6.45, 7) is 7.53. The summed E-state index contributed by atoms with van der Waals surface area (Å²) in [5.74, 6) is -0.267. The van der Waals surface area contributed by atoms with Gasteiger partial charge in [-0.25, -0.2) is 10.0 Å². The number of anilines is 4. The summed E-state index contributed by atoms with van der Waals surface area (Å²) >= 11 is 0. The highest BCUT2D eigenvalue weighted by atomic mass is 33.1. The predicted octanol–water partition coefficient (Wildman–Crippen LogP) is 8.05. The Balaban J connectivity index is 1.53. The van der Waals surface area contributed by atoms with Gasteiger partial charge in [-0.3, -0.25) is 20.4 Å². The van der Waals surface area contributed by atoms with Crippen LogP contribution in [-0.4, -0.2) is 21.3 Å². The number of rotatable bonds is 11. The monoisotopic (exact) mass is 570 g/mol. The van der Waals surface area contributed by atoms with Gasteiger partial charge in [-0.2, -0.15) is 0 Å². The molecule has 0 saturated heterocycles. The van der Waals surface area contributed by atoms with Gasteiger partial charge in [0.05, 0.1) is 22.7 Å². The second kappa shape index (κ2) is 13.0. The van der Waals surface area contributed by atoms with Gasteiger partial charge in [-0.1, -0.05) is 94.4 Å². The average Bonchev–Trinajstić information content (AvgIpc) is 2.99. The van der Waals surface area contributed by atoms with Gasteiger partial charge in [-0.15, -0.1) is 0 Å². The maximum atomic E-state index is 14.0. The zero-order chi connectivity index (χ0) is 28.6. The number of amides is 2. The van der Waals surface area contributed by atoms with E-state index in [0.29, 0.717) is 0 Å². The van der Waals surface area contributed by atoms with Gasteiger partial charge >= 0.3 is 0 Å². The first-order valence-corrected chi connectivity index (χ1v) is 15.1. The van der Waals surface area contributed by atoms with E-state index in [1.165, 1.54) is 21.6 Å². The fourth-order valence-electron chi connectivity index (χ4n) is 3.72. The molecule has 0 saturated carbocycles. The lowest BCUT2D eigenvalue weighted by atomic mass is 10.1. The number of carbonyl (C=O) groups excluding carboxylic acids is 2. The van der Waals surface area contributed by atoms with E-state index in [-0.39, 0.29) is 11.8 Å². The third kappa shape index (κ3) is 7.40. The zero-order valence-corrected chi connectivity index (χ0v) is 24.7. The first kappa shape index (κ1) is 29.1. The minimum absolute atomic E-state index is 0.134. The molecule has 0 aliphatic rings. The van der Waals surface area contributed by atoms with Crippen LogP contribution in [0.3, 0.4) is 0 Å². The molecule has 0 fully saturated rings. The third-order valence-electron chi connectivity index (χ3n) is 5.95. The van der Waals surface area contributed by atoms with Crippen molar-refractivity contribution in [1.82, 2.24) is 0 Å². The standard InChI is InChI=1S/C32H34N4O2S2/c1-31(2,29(37)35(27-21-13-7-14-22-27)33-25-17-9-5-10-18-25)39-40-32(3,4)30(38)36(28-23-15-8-16-24-28)34-26-19-11-6-12-20-26/h5-24,33-34H,1-4H3. The van der Waals surface area contributed by atoms with E-state index in [0.717, 1.165) is 22.7 Å². The molecule has 206 valence electrons. The molecule has 0 atom stereocenters. The van der Waals surface area contributed by atoms with Crippen molar-refractivity contribution in [3.63, 3.8) is 0 Å². The van der Waals surface area contributed by atoms with Gasteiger partial charge in [0.25, 0.3) is 11.8 Å². The SMILES string of the molecule is CC(C)(SSC(C)(C)C(=O)N(Nc1ccccc1)c1ccccc1)C(=O)N(Nc1ccccc1)c1ccccc1. The minimum Gasteiger partial charge on any atom is -0.291 e. The highest BCUT2D eigenvalue weighted by Gasteiger charge is 2.40. The molecule has 0 aromatic heterocycles. The van der Waals surface area contributed by atoms with Crippen LogP contribution in [0, 0.1) is 0 Å². The van der Waals surface area contributed by atoms with E-state index >= 15 is 0 Å². The Morgan fingerprint density at radius 2 is 0.775 bits per heavy atom. The van der Waals surface area contributed by atoms with E-state index in [1.54, 1.807) is 10.0 Å². The summed E-state index contributed by atoms with van der Waals surface area (Å²) in [6, 6.07) is 38.2. The van der Waals surface area contributed by atoms with E-state index in [4.69, 9.17) is 0 Å². The molecule has 2 N–H and O–H groups in total. The fourth-order valence-corrected chi connectivity index (χ4v) is 6.14. The van der Waals surface area contributed by atoms with E-state index in [9.17, 15) is 9.59 Å². The number of para-hydroxylation sites is 4. The third-order valence-corrected chi connectivity index (χ3v) is 9.97. The summed E-state index contributed by atoms with van der Waals surface area (Å²) in [5.41, 5.74) is 9.59. The average molecular weight is 571 g/mol. The second-order valence-electron chi connectivity index (χ2n) is 10.1. The molecule has 0 bridgehead atoms. The molecule has 0 radical (unpaired) electrons. The van der Waals surface area contributed by atoms with Gasteiger partial charge in [0.2, 0.25) is 0 Å². The molecule has 0 aliphatic heterocycles. The topological polar surface area (TPSA) is 64.7 Å². The molecule has 0 unspecified atom stereocenters. The maximum absolute atomic E-state index is 14.0. The molecule has 0 aliphatic carbocycles. The lowest BCUT2D eigenvalue weighted by Crippen LogP contribution is -2.48. The first-order valence-electron chi connectivity index (χ1n) is 13.0. The van der Waals surface area contributed by atoms with Gasteiger partial charge < -0.3 is 0 Å². The number of benzene rings is 4. The molecule has 40 heavy (non-hydrogen) atoms. The lowest BCUT2D eigenvalue weighted by molar-refractivity contribution is -0.120. The van der Waals surface area contributed by atoms with Crippen LogP contribution in [0.1, 0.15) is 27.7 Å². The van der Waals surface area contributed by atoms with E-state index in [1.807, 2.05) is 149 Å². The highest BCUT2D eigenvalue weighted by molar-refractivity contribution is 8.78. The minimum atomic E-state index is -0.871. The lowest BCUT2D eigenvalue weighted by Gasteiger charge is -2.35. The summed E-state index contributed by atoms with van der Waals surface area (Å²) in [4.78, 5) is 27.9. The van der Waals surface area contributed by atoms with Crippen LogP contribution in [0.4, 0.5) is 22.7 Å². The molecular formula is C32H34N4O2S2. The Labute approximate surface area is 244 Å². The highest BCUT2D eigenvalue weighted by Crippen LogP contribution is 2.46. The quantitative estimate of drug-likeness (QED) is 0.141. The molecule has 0 spiro atoms. The smallest absolute Gasteiger partial charge is 0.262 e. The van der Waals surface area contributed by atoms with Gasteiger partial charge in [-0.05, 0) is 76.2 Å². The normalized spacial score (nSPS) is 11.4. The number of nitrogens with one attached hydrogen (secondary N) is 2. The van der Waals surface area contributed by atoms with Crippen LogP contribution < -0.4 is 20.9 Å². The van der Waals surface area contributed by atoms with Crippen molar-refractivity contribution in [2.24, 2.45) is 0 Å². The van der Waals surface area contributed by atoms with Gasteiger partial charge in [0, 0.05) is 0 Å². The van der Waals surface area contributed by atoms with Crippen molar-refractivity contribution in [3.8, 4) is 0 Å². The predicted molar refractivity (Wildman–Crippen MR) is 171 cm³/mol. The molecule has 8 heteroatoms. The Morgan fingerprint density at radius 1 is 0.500 bits per heavy atom. The number of nitrogens with zero attached hydrogens (tertiary/aromatic N) is 2. The van der Waals surface area contributed by atoms with Crippen molar-refractivity contribution in [2.75, 3.05) is 20.9 Å². The van der Waals surface area contributed by atoms with Crippen LogP contribution in [0.15, 0.2) is 121 Å². The number of hydrazine groups is 2. The molecule has 4 aromatic rings. The molecular weight excluding hydrogens is 537 g/mol. The molecule has 4 aromatic carbocycles.